The lowest BCUT2D eigenvalue weighted by atomic mass is 9.99. The number of ether oxygens (including phenoxy) is 1. The van der Waals surface area contributed by atoms with Crippen molar-refractivity contribution in [1.29, 1.82) is 0 Å². The number of halogens is 2. The molecule has 2 N–H and O–H groups in total. The van der Waals surface area contributed by atoms with Crippen molar-refractivity contribution in [2.24, 2.45) is 0 Å². The Bertz CT molecular complexity index is 916. The van der Waals surface area contributed by atoms with Gasteiger partial charge in [-0.1, -0.05) is 60.7 Å². The van der Waals surface area contributed by atoms with Crippen LogP contribution in [0.2, 0.25) is 0 Å². The molecule has 0 spiro atoms. The molecule has 0 fully saturated rings. The summed E-state index contributed by atoms with van der Waals surface area (Å²) in [5.74, 6) is -0.829. The quantitative estimate of drug-likeness (QED) is 0.666. The highest BCUT2D eigenvalue weighted by Gasteiger charge is 2.19. The van der Waals surface area contributed by atoms with Gasteiger partial charge in [0, 0.05) is 11.3 Å². The zero-order valence-corrected chi connectivity index (χ0v) is 14.2. The molecule has 3 aromatic rings. The number of alkyl halides is 2. The topological polar surface area (TPSA) is 58.6 Å². The van der Waals surface area contributed by atoms with Gasteiger partial charge < -0.3 is 15.2 Å². The Kier molecular flexibility index (Phi) is 5.78. The molecule has 0 aliphatic carbocycles. The number of amides is 1. The van der Waals surface area contributed by atoms with Crippen LogP contribution in [0.3, 0.4) is 0 Å². The van der Waals surface area contributed by atoms with Gasteiger partial charge in [0.1, 0.15) is 11.9 Å². The molecular formula is C21H17F2NO3. The smallest absolute Gasteiger partial charge is 0.387 e. The van der Waals surface area contributed by atoms with Crippen molar-refractivity contribution in [3.8, 4) is 5.75 Å². The summed E-state index contributed by atoms with van der Waals surface area (Å²) in [7, 11) is 0. The number of hydrogen-bond acceptors (Lipinski definition) is 3. The van der Waals surface area contributed by atoms with Crippen LogP contribution in [0.1, 0.15) is 27.6 Å². The minimum absolute atomic E-state index is 0.0261. The lowest BCUT2D eigenvalue weighted by molar-refractivity contribution is -0.0501. The van der Waals surface area contributed by atoms with Gasteiger partial charge in [-0.15, -0.1) is 0 Å². The van der Waals surface area contributed by atoms with E-state index in [1.807, 2.05) is 6.07 Å². The average Bonchev–Trinajstić information content (AvgIpc) is 2.68. The second-order valence-electron chi connectivity index (χ2n) is 5.73. The predicted octanol–water partition coefficient (Wildman–Crippen LogP) is 4.62. The molecule has 3 rings (SSSR count). The van der Waals surface area contributed by atoms with Crippen molar-refractivity contribution in [3.63, 3.8) is 0 Å². The molecule has 138 valence electrons. The number of rotatable bonds is 6. The molecule has 4 nitrogen and oxygen atoms in total. The van der Waals surface area contributed by atoms with E-state index in [0.29, 0.717) is 16.8 Å². The summed E-state index contributed by atoms with van der Waals surface area (Å²) >= 11 is 0. The summed E-state index contributed by atoms with van der Waals surface area (Å²) in [5.41, 5.74) is 1.51. The Morgan fingerprint density at radius 2 is 1.52 bits per heavy atom. The average molecular weight is 369 g/mol. The molecule has 0 saturated carbocycles. The van der Waals surface area contributed by atoms with Crippen molar-refractivity contribution in [2.75, 3.05) is 5.32 Å². The first-order chi connectivity index (χ1) is 13.1. The van der Waals surface area contributed by atoms with Crippen LogP contribution in [0.25, 0.3) is 0 Å². The van der Waals surface area contributed by atoms with Gasteiger partial charge in [0.15, 0.2) is 0 Å². The third-order valence-electron chi connectivity index (χ3n) is 3.97. The van der Waals surface area contributed by atoms with Crippen molar-refractivity contribution >= 4 is 11.6 Å². The summed E-state index contributed by atoms with van der Waals surface area (Å²) in [4.78, 5) is 12.6. The molecule has 0 aromatic heterocycles. The molecule has 27 heavy (non-hydrogen) atoms. The Morgan fingerprint density at radius 3 is 2.26 bits per heavy atom. The highest BCUT2D eigenvalue weighted by atomic mass is 19.3. The van der Waals surface area contributed by atoms with E-state index in [-0.39, 0.29) is 11.3 Å². The zero-order valence-electron chi connectivity index (χ0n) is 14.2. The van der Waals surface area contributed by atoms with Gasteiger partial charge in [0.2, 0.25) is 0 Å². The van der Waals surface area contributed by atoms with Crippen LogP contribution < -0.4 is 10.1 Å². The SMILES string of the molecule is O=C(Nc1ccccc1C(O)c1ccccc1)c1ccccc1OC(F)F. The second-order valence-corrected chi connectivity index (χ2v) is 5.73. The van der Waals surface area contributed by atoms with Gasteiger partial charge in [0.25, 0.3) is 5.91 Å². The summed E-state index contributed by atoms with van der Waals surface area (Å²) in [6.07, 6.45) is -0.949. The number of carbonyl (C=O) groups is 1. The number of nitrogens with one attached hydrogen (secondary N) is 1. The highest BCUT2D eigenvalue weighted by molar-refractivity contribution is 6.06. The number of benzene rings is 3. The fourth-order valence-corrected chi connectivity index (χ4v) is 2.71. The number of para-hydroxylation sites is 2. The first-order valence-electron chi connectivity index (χ1n) is 8.23. The van der Waals surface area contributed by atoms with E-state index >= 15 is 0 Å². The molecule has 1 unspecified atom stereocenters. The minimum Gasteiger partial charge on any atom is -0.434 e. The van der Waals surface area contributed by atoms with Crippen LogP contribution >= 0.6 is 0 Å². The van der Waals surface area contributed by atoms with Crippen molar-refractivity contribution < 1.29 is 23.4 Å². The van der Waals surface area contributed by atoms with Gasteiger partial charge in [0.05, 0.1) is 5.56 Å². The van der Waals surface area contributed by atoms with Crippen LogP contribution in [0.15, 0.2) is 78.9 Å². The van der Waals surface area contributed by atoms with Gasteiger partial charge in [-0.2, -0.15) is 8.78 Å². The van der Waals surface area contributed by atoms with Gasteiger partial charge in [-0.25, -0.2) is 0 Å². The van der Waals surface area contributed by atoms with E-state index in [2.05, 4.69) is 10.1 Å². The maximum atomic E-state index is 12.6. The number of aliphatic hydroxyl groups is 1. The first kappa shape index (κ1) is 18.5. The van der Waals surface area contributed by atoms with E-state index in [1.165, 1.54) is 18.2 Å². The molecule has 1 amide bonds. The first-order valence-corrected chi connectivity index (χ1v) is 8.23. The molecule has 3 aromatic carbocycles. The monoisotopic (exact) mass is 369 g/mol. The van der Waals surface area contributed by atoms with Crippen LogP contribution in [-0.2, 0) is 0 Å². The van der Waals surface area contributed by atoms with E-state index in [9.17, 15) is 18.7 Å². The van der Waals surface area contributed by atoms with Crippen molar-refractivity contribution in [2.45, 2.75) is 12.7 Å². The zero-order chi connectivity index (χ0) is 19.2. The Hall–Kier alpha value is -3.25. The van der Waals surface area contributed by atoms with Gasteiger partial charge in [-0.3, -0.25) is 4.79 Å². The fraction of sp³-hybridized carbons (Fsp3) is 0.0952. The molecular weight excluding hydrogens is 352 g/mol. The Balaban J connectivity index is 1.88. The maximum Gasteiger partial charge on any atom is 0.387 e. The van der Waals surface area contributed by atoms with Gasteiger partial charge in [-0.05, 0) is 23.8 Å². The largest absolute Gasteiger partial charge is 0.434 e. The second kappa shape index (κ2) is 8.42. The standard InChI is InChI=1S/C21H17F2NO3/c22-21(23)27-18-13-7-5-11-16(18)20(26)24-17-12-6-4-10-15(17)19(25)14-8-2-1-3-9-14/h1-13,19,21,25H,(H,24,26). The Labute approximate surface area is 155 Å². The molecule has 0 saturated heterocycles. The van der Waals surface area contributed by atoms with Crippen molar-refractivity contribution in [3.05, 3.63) is 95.6 Å². The van der Waals surface area contributed by atoms with Crippen LogP contribution in [0.4, 0.5) is 14.5 Å². The third-order valence-corrected chi connectivity index (χ3v) is 3.97. The highest BCUT2D eigenvalue weighted by Crippen LogP contribution is 2.29. The molecule has 0 aliphatic heterocycles. The fourth-order valence-electron chi connectivity index (χ4n) is 2.71. The number of anilines is 1. The Morgan fingerprint density at radius 1 is 0.889 bits per heavy atom. The van der Waals surface area contributed by atoms with E-state index < -0.39 is 18.6 Å². The number of hydrogen-bond donors (Lipinski definition) is 2. The molecule has 0 heterocycles. The summed E-state index contributed by atoms with van der Waals surface area (Å²) in [6.45, 7) is -3.04. The van der Waals surface area contributed by atoms with Crippen LogP contribution in [0.5, 0.6) is 5.75 Å². The molecule has 1 atom stereocenters. The van der Waals surface area contributed by atoms with Crippen LogP contribution in [-0.4, -0.2) is 17.6 Å². The molecule has 0 bridgehead atoms. The molecule has 0 radical (unpaired) electrons. The summed E-state index contributed by atoms with van der Waals surface area (Å²) in [5, 5.41) is 13.3. The predicted molar refractivity (Wildman–Crippen MR) is 98.0 cm³/mol. The normalized spacial score (nSPS) is 11.9. The van der Waals surface area contributed by atoms with E-state index in [0.717, 1.165) is 0 Å². The number of carbonyl (C=O) groups excluding carboxylic acids is 1. The summed E-state index contributed by atoms with van der Waals surface area (Å²) < 4.78 is 29.5. The van der Waals surface area contributed by atoms with E-state index in [4.69, 9.17) is 0 Å². The summed E-state index contributed by atoms with van der Waals surface area (Å²) in [6, 6.07) is 21.5. The van der Waals surface area contributed by atoms with Crippen LogP contribution in [0, 0.1) is 0 Å². The molecule has 0 aliphatic rings. The maximum absolute atomic E-state index is 12.6. The molecule has 6 heteroatoms. The lowest BCUT2D eigenvalue weighted by Gasteiger charge is -2.17. The minimum atomic E-state index is -3.04. The van der Waals surface area contributed by atoms with Gasteiger partial charge >= 0.3 is 6.61 Å². The third kappa shape index (κ3) is 4.48. The van der Waals surface area contributed by atoms with E-state index in [1.54, 1.807) is 54.6 Å². The lowest BCUT2D eigenvalue weighted by Crippen LogP contribution is -2.16. The number of aliphatic hydroxyl groups excluding tert-OH is 1. The van der Waals surface area contributed by atoms with Crippen molar-refractivity contribution in [1.82, 2.24) is 0 Å².